The molecule has 1 aromatic carbocycles. The second kappa shape index (κ2) is 10.3. The summed E-state index contributed by atoms with van der Waals surface area (Å²) < 4.78 is 26.8. The monoisotopic (exact) mass is 482 g/mol. The first-order chi connectivity index (χ1) is 17.0. The summed E-state index contributed by atoms with van der Waals surface area (Å²) in [6.45, 7) is 9.70. The lowest BCUT2D eigenvalue weighted by molar-refractivity contribution is 0.0610. The molecule has 1 atom stereocenters. The molecule has 2 aromatic heterocycles. The number of benzene rings is 1. The Morgan fingerprint density at radius 3 is 2.57 bits per heavy atom. The summed E-state index contributed by atoms with van der Waals surface area (Å²) in [6, 6.07) is 5.22. The number of H-pyrrole nitrogens is 1. The molecule has 8 nitrogen and oxygen atoms in total. The number of piperidine rings is 1. The van der Waals surface area contributed by atoms with Crippen molar-refractivity contribution in [3.63, 3.8) is 0 Å². The second-order valence-corrected chi connectivity index (χ2v) is 9.50. The molecule has 0 bridgehead atoms. The minimum Gasteiger partial charge on any atom is -0.352 e. The topological polar surface area (TPSA) is 77.1 Å². The molecular weight excluding hydrogens is 450 g/mol. The van der Waals surface area contributed by atoms with Gasteiger partial charge in [-0.1, -0.05) is 13.0 Å². The van der Waals surface area contributed by atoms with E-state index in [9.17, 15) is 8.78 Å². The largest absolute Gasteiger partial charge is 0.352 e. The maximum absolute atomic E-state index is 13.6. The number of hydrogen-bond acceptors (Lipinski definition) is 7. The number of hydrogen-bond donors (Lipinski definition) is 1. The van der Waals surface area contributed by atoms with E-state index in [4.69, 9.17) is 9.97 Å². The van der Waals surface area contributed by atoms with Gasteiger partial charge in [-0.3, -0.25) is 14.9 Å². The standard InChI is InChI=1S/C25H32F2N8/c1-3-19-15-34(25-17(2)31-23(13-28-25)24-29-16-30-32-24)10-11-35(19)20-6-8-33(9-7-20)14-18-4-5-21(26)22(27)12-18/h4-5,12-13,16,19-20H,3,6-11,14-15H2,1-2H3,(H,29,30,32)/t19-/m0/s1. The Hall–Kier alpha value is -2.98. The van der Waals surface area contributed by atoms with E-state index in [1.54, 1.807) is 12.3 Å². The first-order valence-corrected chi connectivity index (χ1v) is 12.4. The van der Waals surface area contributed by atoms with Gasteiger partial charge in [-0.05, 0) is 57.0 Å². The van der Waals surface area contributed by atoms with Gasteiger partial charge in [-0.2, -0.15) is 5.10 Å². The maximum Gasteiger partial charge on any atom is 0.175 e. The number of likely N-dealkylation sites (tertiary alicyclic amines) is 1. The van der Waals surface area contributed by atoms with Gasteiger partial charge in [0.15, 0.2) is 17.5 Å². The second-order valence-electron chi connectivity index (χ2n) is 9.50. The molecule has 0 spiro atoms. The number of nitrogens with zero attached hydrogens (tertiary/aromatic N) is 7. The Morgan fingerprint density at radius 1 is 1.06 bits per heavy atom. The molecule has 186 valence electrons. The zero-order chi connectivity index (χ0) is 24.4. The highest BCUT2D eigenvalue weighted by Crippen LogP contribution is 2.27. The van der Waals surface area contributed by atoms with Crippen LogP contribution in [0.3, 0.4) is 0 Å². The van der Waals surface area contributed by atoms with E-state index in [1.807, 2.05) is 6.92 Å². The van der Waals surface area contributed by atoms with E-state index in [0.29, 0.717) is 30.1 Å². The van der Waals surface area contributed by atoms with Crippen molar-refractivity contribution in [2.45, 2.75) is 51.7 Å². The summed E-state index contributed by atoms with van der Waals surface area (Å²) in [6.07, 6.45) is 6.49. The van der Waals surface area contributed by atoms with E-state index in [2.05, 4.69) is 36.8 Å². The fourth-order valence-electron chi connectivity index (χ4n) is 5.44. The van der Waals surface area contributed by atoms with Crippen molar-refractivity contribution >= 4 is 5.82 Å². The number of anilines is 1. The number of rotatable bonds is 6. The van der Waals surface area contributed by atoms with Crippen LogP contribution in [0.25, 0.3) is 11.5 Å². The minimum absolute atomic E-state index is 0.460. The molecule has 0 saturated carbocycles. The van der Waals surface area contributed by atoms with Crippen LogP contribution in [0.5, 0.6) is 0 Å². The predicted molar refractivity (Wildman–Crippen MR) is 130 cm³/mol. The van der Waals surface area contributed by atoms with Crippen molar-refractivity contribution in [2.75, 3.05) is 37.6 Å². The Bertz CT molecular complexity index is 1130. The van der Waals surface area contributed by atoms with Crippen LogP contribution in [0.15, 0.2) is 30.7 Å². The molecule has 10 heteroatoms. The molecule has 0 aliphatic carbocycles. The molecule has 0 radical (unpaired) electrons. The summed E-state index contributed by atoms with van der Waals surface area (Å²) in [5.41, 5.74) is 2.42. The third-order valence-corrected chi connectivity index (χ3v) is 7.29. The van der Waals surface area contributed by atoms with Crippen LogP contribution in [0.2, 0.25) is 0 Å². The fraction of sp³-hybridized carbons (Fsp3) is 0.520. The smallest absolute Gasteiger partial charge is 0.175 e. The highest BCUT2D eigenvalue weighted by atomic mass is 19.2. The zero-order valence-electron chi connectivity index (χ0n) is 20.3. The first-order valence-electron chi connectivity index (χ1n) is 12.4. The molecule has 2 aliphatic heterocycles. The van der Waals surface area contributed by atoms with Crippen LogP contribution < -0.4 is 4.90 Å². The van der Waals surface area contributed by atoms with Gasteiger partial charge in [0.05, 0.1) is 11.9 Å². The summed E-state index contributed by atoms with van der Waals surface area (Å²) in [4.78, 5) is 21.0. The molecule has 0 amide bonds. The predicted octanol–water partition coefficient (Wildman–Crippen LogP) is 3.41. The van der Waals surface area contributed by atoms with E-state index in [-0.39, 0.29) is 0 Å². The van der Waals surface area contributed by atoms with Gasteiger partial charge in [0, 0.05) is 38.3 Å². The van der Waals surface area contributed by atoms with Crippen molar-refractivity contribution < 1.29 is 8.78 Å². The van der Waals surface area contributed by atoms with Gasteiger partial charge >= 0.3 is 0 Å². The normalized spacial score (nSPS) is 20.5. The van der Waals surface area contributed by atoms with Gasteiger partial charge in [0.1, 0.15) is 17.8 Å². The number of aromatic amines is 1. The third kappa shape index (κ3) is 5.18. The summed E-state index contributed by atoms with van der Waals surface area (Å²) in [7, 11) is 0. The summed E-state index contributed by atoms with van der Waals surface area (Å²) >= 11 is 0. The van der Waals surface area contributed by atoms with Crippen LogP contribution in [0.4, 0.5) is 14.6 Å². The average molecular weight is 483 g/mol. The summed E-state index contributed by atoms with van der Waals surface area (Å²) in [5, 5.41) is 6.73. The molecule has 2 saturated heterocycles. The van der Waals surface area contributed by atoms with Crippen LogP contribution in [-0.4, -0.2) is 79.8 Å². The van der Waals surface area contributed by atoms with Gasteiger partial charge in [0.25, 0.3) is 0 Å². The van der Waals surface area contributed by atoms with Gasteiger partial charge in [-0.25, -0.2) is 23.7 Å². The molecule has 35 heavy (non-hydrogen) atoms. The Kier molecular flexibility index (Phi) is 7.01. The lowest BCUT2D eigenvalue weighted by atomic mass is 9.97. The quantitative estimate of drug-likeness (QED) is 0.577. The van der Waals surface area contributed by atoms with Crippen molar-refractivity contribution in [2.24, 2.45) is 0 Å². The molecule has 0 unspecified atom stereocenters. The Morgan fingerprint density at radius 2 is 1.89 bits per heavy atom. The lowest BCUT2D eigenvalue weighted by Gasteiger charge is -2.47. The number of halogens is 2. The molecule has 2 aliphatic rings. The minimum atomic E-state index is -0.788. The molecule has 1 N–H and O–H groups in total. The van der Waals surface area contributed by atoms with Crippen molar-refractivity contribution in [1.29, 1.82) is 0 Å². The number of aryl methyl sites for hydroxylation is 1. The molecule has 5 rings (SSSR count). The van der Waals surface area contributed by atoms with Crippen LogP contribution in [-0.2, 0) is 6.54 Å². The van der Waals surface area contributed by atoms with Crippen molar-refractivity contribution in [1.82, 2.24) is 34.9 Å². The van der Waals surface area contributed by atoms with Gasteiger partial charge in [-0.15, -0.1) is 0 Å². The van der Waals surface area contributed by atoms with Crippen LogP contribution >= 0.6 is 0 Å². The van der Waals surface area contributed by atoms with Crippen LogP contribution in [0, 0.1) is 18.6 Å². The van der Waals surface area contributed by atoms with Gasteiger partial charge < -0.3 is 4.90 Å². The lowest BCUT2D eigenvalue weighted by Crippen LogP contribution is -2.58. The number of aromatic nitrogens is 5. The number of nitrogens with one attached hydrogen (secondary N) is 1. The zero-order valence-corrected chi connectivity index (χ0v) is 20.3. The summed E-state index contributed by atoms with van der Waals surface area (Å²) in [5.74, 6) is 0.00441. The highest BCUT2D eigenvalue weighted by Gasteiger charge is 2.34. The van der Waals surface area contributed by atoms with E-state index in [0.717, 1.165) is 69.1 Å². The first kappa shape index (κ1) is 23.7. The van der Waals surface area contributed by atoms with Crippen molar-refractivity contribution in [3.8, 4) is 11.5 Å². The molecule has 4 heterocycles. The van der Waals surface area contributed by atoms with E-state index >= 15 is 0 Å². The molecule has 2 fully saturated rings. The van der Waals surface area contributed by atoms with E-state index < -0.39 is 11.6 Å². The Labute approximate surface area is 204 Å². The number of piperazine rings is 1. The molecule has 3 aromatic rings. The Balaban J connectivity index is 1.18. The molecular formula is C25H32F2N8. The fourth-order valence-corrected chi connectivity index (χ4v) is 5.44. The highest BCUT2D eigenvalue weighted by molar-refractivity contribution is 5.52. The van der Waals surface area contributed by atoms with Crippen LogP contribution in [0.1, 0.15) is 37.4 Å². The van der Waals surface area contributed by atoms with Crippen molar-refractivity contribution in [3.05, 3.63) is 53.6 Å². The SMILES string of the molecule is CC[C@H]1CN(c2ncc(-c3ncn[nH]3)nc2C)CCN1C1CCN(Cc2ccc(F)c(F)c2)CC1. The van der Waals surface area contributed by atoms with Gasteiger partial charge in [0.2, 0.25) is 0 Å². The third-order valence-electron chi connectivity index (χ3n) is 7.29. The van der Waals surface area contributed by atoms with E-state index in [1.165, 1.54) is 18.5 Å². The average Bonchev–Trinajstić information content (AvgIpc) is 3.42. The maximum atomic E-state index is 13.6.